The molecule has 2 heterocycles. The largest absolute Gasteiger partial charge is 0.367 e. The highest BCUT2D eigenvalue weighted by molar-refractivity contribution is 5.50. The molecule has 1 aromatic carbocycles. The van der Waals surface area contributed by atoms with Gasteiger partial charge in [0, 0.05) is 24.3 Å². The first-order valence-electron chi connectivity index (χ1n) is 6.41. The fourth-order valence-electron chi connectivity index (χ4n) is 3.20. The van der Waals surface area contributed by atoms with Gasteiger partial charge in [-0.25, -0.2) is 0 Å². The minimum Gasteiger partial charge on any atom is -0.367 e. The number of anilines is 1. The number of nitrogens with zero attached hydrogens (tertiary/aromatic N) is 1. The molecule has 1 aromatic rings. The van der Waals surface area contributed by atoms with Crippen LogP contribution in [0, 0.1) is 6.92 Å². The Morgan fingerprint density at radius 3 is 3.12 bits per heavy atom. The molecule has 0 aliphatic carbocycles. The molecule has 0 radical (unpaired) electrons. The van der Waals surface area contributed by atoms with E-state index in [4.69, 9.17) is 0 Å². The molecule has 2 heteroatoms. The lowest BCUT2D eigenvalue weighted by Crippen LogP contribution is -2.48. The minimum atomic E-state index is 0.731. The molecule has 0 saturated carbocycles. The lowest BCUT2D eigenvalue weighted by atomic mass is 9.96. The van der Waals surface area contributed by atoms with E-state index < -0.39 is 0 Å². The highest BCUT2D eigenvalue weighted by Crippen LogP contribution is 2.29. The van der Waals surface area contributed by atoms with Gasteiger partial charge in [0.15, 0.2) is 0 Å². The Bertz CT molecular complexity index is 375. The van der Waals surface area contributed by atoms with Crippen LogP contribution in [-0.2, 0) is 0 Å². The van der Waals surface area contributed by atoms with Crippen LogP contribution in [-0.4, -0.2) is 25.2 Å². The molecule has 2 aliphatic rings. The zero-order chi connectivity index (χ0) is 11.0. The van der Waals surface area contributed by atoms with Crippen molar-refractivity contribution in [3.63, 3.8) is 0 Å². The first kappa shape index (κ1) is 10.2. The van der Waals surface area contributed by atoms with Crippen molar-refractivity contribution < 1.29 is 0 Å². The lowest BCUT2D eigenvalue weighted by Gasteiger charge is -2.39. The summed E-state index contributed by atoms with van der Waals surface area (Å²) in [5.74, 6) is 0. The molecule has 3 rings (SSSR count). The molecule has 0 amide bonds. The number of rotatable bonds is 1. The average molecular weight is 216 g/mol. The first-order valence-corrected chi connectivity index (χ1v) is 6.41. The first-order chi connectivity index (χ1) is 7.84. The summed E-state index contributed by atoms with van der Waals surface area (Å²) >= 11 is 0. The van der Waals surface area contributed by atoms with Crippen LogP contribution in [0.5, 0.6) is 0 Å². The highest BCUT2D eigenvalue weighted by Gasteiger charge is 2.34. The van der Waals surface area contributed by atoms with Crippen LogP contribution < -0.4 is 10.2 Å². The summed E-state index contributed by atoms with van der Waals surface area (Å²) in [5.41, 5.74) is 2.78. The van der Waals surface area contributed by atoms with E-state index in [1.165, 1.54) is 43.6 Å². The van der Waals surface area contributed by atoms with Crippen LogP contribution >= 0.6 is 0 Å². The third kappa shape index (κ3) is 1.71. The molecule has 0 bridgehead atoms. The SMILES string of the molecule is Cc1cccc(N2CCCC3NCCC32)c1. The van der Waals surface area contributed by atoms with E-state index in [2.05, 4.69) is 41.4 Å². The Balaban J connectivity index is 1.88. The number of hydrogen-bond acceptors (Lipinski definition) is 2. The lowest BCUT2D eigenvalue weighted by molar-refractivity contribution is 0.412. The molecule has 1 N–H and O–H groups in total. The summed E-state index contributed by atoms with van der Waals surface area (Å²) in [6.45, 7) is 4.60. The number of benzene rings is 1. The second-order valence-corrected chi connectivity index (χ2v) is 5.09. The Morgan fingerprint density at radius 2 is 2.25 bits per heavy atom. The van der Waals surface area contributed by atoms with Gasteiger partial charge in [0.2, 0.25) is 0 Å². The van der Waals surface area contributed by atoms with Crippen molar-refractivity contribution in [2.75, 3.05) is 18.0 Å². The van der Waals surface area contributed by atoms with Crippen molar-refractivity contribution in [2.45, 2.75) is 38.3 Å². The van der Waals surface area contributed by atoms with Gasteiger partial charge in [0.05, 0.1) is 0 Å². The molecule has 0 aromatic heterocycles. The summed E-state index contributed by atoms with van der Waals surface area (Å²) in [7, 11) is 0. The van der Waals surface area contributed by atoms with Crippen molar-refractivity contribution in [3.05, 3.63) is 29.8 Å². The molecule has 86 valence electrons. The predicted molar refractivity (Wildman–Crippen MR) is 68.0 cm³/mol. The average Bonchev–Trinajstić information content (AvgIpc) is 2.76. The fraction of sp³-hybridized carbons (Fsp3) is 0.571. The monoisotopic (exact) mass is 216 g/mol. The summed E-state index contributed by atoms with van der Waals surface area (Å²) in [6.07, 6.45) is 3.98. The van der Waals surface area contributed by atoms with E-state index in [0.29, 0.717) is 0 Å². The second-order valence-electron chi connectivity index (χ2n) is 5.09. The van der Waals surface area contributed by atoms with Gasteiger partial charge in [-0.15, -0.1) is 0 Å². The quantitative estimate of drug-likeness (QED) is 0.775. The number of hydrogen-bond donors (Lipinski definition) is 1. The maximum Gasteiger partial charge on any atom is 0.0455 e. The molecule has 2 atom stereocenters. The third-order valence-corrected chi connectivity index (χ3v) is 3.96. The van der Waals surface area contributed by atoms with E-state index in [0.717, 1.165) is 12.1 Å². The van der Waals surface area contributed by atoms with E-state index in [-0.39, 0.29) is 0 Å². The van der Waals surface area contributed by atoms with Crippen molar-refractivity contribution in [1.29, 1.82) is 0 Å². The van der Waals surface area contributed by atoms with Crippen molar-refractivity contribution >= 4 is 5.69 Å². The normalized spacial score (nSPS) is 29.2. The van der Waals surface area contributed by atoms with Crippen LogP contribution in [0.2, 0.25) is 0 Å². The molecule has 16 heavy (non-hydrogen) atoms. The van der Waals surface area contributed by atoms with Gasteiger partial charge in [0.1, 0.15) is 0 Å². The number of fused-ring (bicyclic) bond motifs is 1. The van der Waals surface area contributed by atoms with E-state index in [9.17, 15) is 0 Å². The van der Waals surface area contributed by atoms with Crippen molar-refractivity contribution in [1.82, 2.24) is 5.32 Å². The molecule has 2 unspecified atom stereocenters. The maximum absolute atomic E-state index is 3.63. The number of aryl methyl sites for hydroxylation is 1. The molecule has 2 aliphatic heterocycles. The molecular formula is C14H20N2. The van der Waals surface area contributed by atoms with Gasteiger partial charge in [-0.2, -0.15) is 0 Å². The van der Waals surface area contributed by atoms with E-state index in [1.807, 2.05) is 0 Å². The zero-order valence-corrected chi connectivity index (χ0v) is 9.95. The van der Waals surface area contributed by atoms with Crippen LogP contribution in [0.25, 0.3) is 0 Å². The smallest absolute Gasteiger partial charge is 0.0455 e. The Kier molecular flexibility index (Phi) is 2.60. The van der Waals surface area contributed by atoms with Gasteiger partial charge in [0.25, 0.3) is 0 Å². The fourth-order valence-corrected chi connectivity index (χ4v) is 3.20. The van der Waals surface area contributed by atoms with Gasteiger partial charge < -0.3 is 10.2 Å². The van der Waals surface area contributed by atoms with Gasteiger partial charge in [-0.1, -0.05) is 12.1 Å². The Hall–Kier alpha value is -1.02. The second kappa shape index (κ2) is 4.10. The van der Waals surface area contributed by atoms with Crippen LogP contribution in [0.15, 0.2) is 24.3 Å². The summed E-state index contributed by atoms with van der Waals surface area (Å²) in [5, 5.41) is 3.63. The maximum atomic E-state index is 3.63. The predicted octanol–water partition coefficient (Wildman–Crippen LogP) is 2.33. The molecule has 0 spiro atoms. The standard InChI is InChI=1S/C14H20N2/c1-11-4-2-5-12(10-11)16-9-3-6-13-14(16)7-8-15-13/h2,4-5,10,13-15H,3,6-9H2,1H3. The van der Waals surface area contributed by atoms with Gasteiger partial charge >= 0.3 is 0 Å². The molecule has 2 nitrogen and oxygen atoms in total. The topological polar surface area (TPSA) is 15.3 Å². The summed E-state index contributed by atoms with van der Waals surface area (Å²) in [6, 6.07) is 10.4. The van der Waals surface area contributed by atoms with Crippen molar-refractivity contribution in [2.24, 2.45) is 0 Å². The third-order valence-electron chi connectivity index (χ3n) is 3.96. The number of piperidine rings is 1. The minimum absolute atomic E-state index is 0.731. The van der Waals surface area contributed by atoms with Crippen molar-refractivity contribution in [3.8, 4) is 0 Å². The van der Waals surface area contributed by atoms with Crippen LogP contribution in [0.1, 0.15) is 24.8 Å². The summed E-state index contributed by atoms with van der Waals surface area (Å²) in [4.78, 5) is 2.61. The van der Waals surface area contributed by atoms with Gasteiger partial charge in [-0.3, -0.25) is 0 Å². The van der Waals surface area contributed by atoms with Crippen LogP contribution in [0.4, 0.5) is 5.69 Å². The van der Waals surface area contributed by atoms with E-state index in [1.54, 1.807) is 0 Å². The van der Waals surface area contributed by atoms with Crippen LogP contribution in [0.3, 0.4) is 0 Å². The number of nitrogens with one attached hydrogen (secondary N) is 1. The van der Waals surface area contributed by atoms with E-state index >= 15 is 0 Å². The Morgan fingerprint density at radius 1 is 1.31 bits per heavy atom. The zero-order valence-electron chi connectivity index (χ0n) is 9.95. The molecular weight excluding hydrogens is 196 g/mol. The summed E-state index contributed by atoms with van der Waals surface area (Å²) < 4.78 is 0. The highest BCUT2D eigenvalue weighted by atomic mass is 15.2. The van der Waals surface area contributed by atoms with Gasteiger partial charge in [-0.05, 0) is 50.4 Å². The molecule has 2 fully saturated rings. The Labute approximate surface area is 97.6 Å². The molecule has 2 saturated heterocycles.